The van der Waals surface area contributed by atoms with Crippen molar-refractivity contribution in [2.75, 3.05) is 13.6 Å². The average Bonchev–Trinajstić information content (AvgIpc) is 2.16. The first-order valence-electron chi connectivity index (χ1n) is 5.00. The highest BCUT2D eigenvalue weighted by Gasteiger charge is 2.20. The van der Waals surface area contributed by atoms with Crippen LogP contribution in [0.15, 0.2) is 0 Å². The Labute approximate surface area is 81.5 Å². The van der Waals surface area contributed by atoms with E-state index in [2.05, 4.69) is 5.32 Å². The van der Waals surface area contributed by atoms with E-state index >= 15 is 0 Å². The third-order valence-electron chi connectivity index (χ3n) is 2.09. The SMILES string of the molecule is CC.CCC(CNC)C(C)C(=O)O. The van der Waals surface area contributed by atoms with E-state index < -0.39 is 5.97 Å². The van der Waals surface area contributed by atoms with Gasteiger partial charge in [-0.1, -0.05) is 34.1 Å². The maximum atomic E-state index is 10.5. The zero-order chi connectivity index (χ0) is 10.9. The molecule has 0 aliphatic heterocycles. The van der Waals surface area contributed by atoms with Crippen molar-refractivity contribution in [3.63, 3.8) is 0 Å². The van der Waals surface area contributed by atoms with E-state index in [0.717, 1.165) is 13.0 Å². The summed E-state index contributed by atoms with van der Waals surface area (Å²) in [5.41, 5.74) is 0. The fraction of sp³-hybridized carbons (Fsp3) is 0.900. The van der Waals surface area contributed by atoms with E-state index in [0.29, 0.717) is 0 Å². The molecule has 0 aliphatic carbocycles. The largest absolute Gasteiger partial charge is 0.481 e. The molecule has 0 saturated heterocycles. The molecule has 2 atom stereocenters. The van der Waals surface area contributed by atoms with Crippen LogP contribution in [0.4, 0.5) is 0 Å². The summed E-state index contributed by atoms with van der Waals surface area (Å²) in [4.78, 5) is 10.5. The molecule has 0 aromatic carbocycles. The van der Waals surface area contributed by atoms with Crippen molar-refractivity contribution in [1.29, 1.82) is 0 Å². The minimum Gasteiger partial charge on any atom is -0.481 e. The van der Waals surface area contributed by atoms with Gasteiger partial charge in [0.25, 0.3) is 0 Å². The second-order valence-electron chi connectivity index (χ2n) is 2.85. The highest BCUT2D eigenvalue weighted by Crippen LogP contribution is 2.14. The number of hydrogen-bond donors (Lipinski definition) is 2. The first-order chi connectivity index (χ1) is 6.13. The van der Waals surface area contributed by atoms with Crippen molar-refractivity contribution in [1.82, 2.24) is 5.32 Å². The van der Waals surface area contributed by atoms with Crippen molar-refractivity contribution in [2.45, 2.75) is 34.1 Å². The highest BCUT2D eigenvalue weighted by molar-refractivity contribution is 5.69. The van der Waals surface area contributed by atoms with Gasteiger partial charge in [-0.2, -0.15) is 0 Å². The van der Waals surface area contributed by atoms with E-state index in [1.165, 1.54) is 0 Å². The van der Waals surface area contributed by atoms with Gasteiger partial charge in [-0.05, 0) is 19.5 Å². The zero-order valence-electron chi connectivity index (χ0n) is 9.42. The molecule has 0 aliphatic rings. The lowest BCUT2D eigenvalue weighted by atomic mass is 9.92. The molecule has 13 heavy (non-hydrogen) atoms. The van der Waals surface area contributed by atoms with Gasteiger partial charge in [-0.15, -0.1) is 0 Å². The Kier molecular flexibility index (Phi) is 10.9. The molecule has 0 heterocycles. The fourth-order valence-electron chi connectivity index (χ4n) is 1.14. The van der Waals surface area contributed by atoms with Gasteiger partial charge in [0.05, 0.1) is 5.92 Å². The Morgan fingerprint density at radius 2 is 1.92 bits per heavy atom. The Morgan fingerprint density at radius 1 is 1.46 bits per heavy atom. The third kappa shape index (κ3) is 6.58. The number of carbonyl (C=O) groups is 1. The summed E-state index contributed by atoms with van der Waals surface area (Å²) >= 11 is 0. The van der Waals surface area contributed by atoms with E-state index in [9.17, 15) is 4.79 Å². The predicted molar refractivity (Wildman–Crippen MR) is 55.9 cm³/mol. The molecule has 0 fully saturated rings. The van der Waals surface area contributed by atoms with Crippen molar-refractivity contribution in [3.05, 3.63) is 0 Å². The second-order valence-corrected chi connectivity index (χ2v) is 2.85. The molecule has 0 bridgehead atoms. The van der Waals surface area contributed by atoms with Crippen LogP contribution >= 0.6 is 0 Å². The van der Waals surface area contributed by atoms with Gasteiger partial charge in [0.15, 0.2) is 0 Å². The highest BCUT2D eigenvalue weighted by atomic mass is 16.4. The molecule has 0 saturated carbocycles. The lowest BCUT2D eigenvalue weighted by Crippen LogP contribution is -2.28. The van der Waals surface area contributed by atoms with Gasteiger partial charge >= 0.3 is 5.97 Å². The average molecular weight is 189 g/mol. The van der Waals surface area contributed by atoms with Crippen molar-refractivity contribution in [2.24, 2.45) is 11.8 Å². The number of carboxylic acid groups (broad SMARTS) is 1. The molecule has 0 radical (unpaired) electrons. The van der Waals surface area contributed by atoms with Crippen LogP contribution < -0.4 is 5.32 Å². The summed E-state index contributed by atoms with van der Waals surface area (Å²) in [6.45, 7) is 8.55. The van der Waals surface area contributed by atoms with Crippen LogP contribution in [-0.2, 0) is 4.79 Å². The van der Waals surface area contributed by atoms with Crippen LogP contribution in [-0.4, -0.2) is 24.7 Å². The lowest BCUT2D eigenvalue weighted by molar-refractivity contribution is -0.142. The maximum Gasteiger partial charge on any atom is 0.306 e. The van der Waals surface area contributed by atoms with Crippen LogP contribution in [0.25, 0.3) is 0 Å². The Hall–Kier alpha value is -0.570. The van der Waals surface area contributed by atoms with E-state index in [-0.39, 0.29) is 11.8 Å². The molecular weight excluding hydrogens is 166 g/mol. The van der Waals surface area contributed by atoms with Gasteiger partial charge < -0.3 is 10.4 Å². The third-order valence-corrected chi connectivity index (χ3v) is 2.09. The van der Waals surface area contributed by atoms with Crippen LogP contribution in [0.5, 0.6) is 0 Å². The fourth-order valence-corrected chi connectivity index (χ4v) is 1.14. The number of hydrogen-bond acceptors (Lipinski definition) is 2. The zero-order valence-corrected chi connectivity index (χ0v) is 9.42. The molecule has 80 valence electrons. The molecule has 0 amide bonds. The lowest BCUT2D eigenvalue weighted by Gasteiger charge is -2.18. The van der Waals surface area contributed by atoms with Crippen LogP contribution in [0.1, 0.15) is 34.1 Å². The molecule has 0 spiro atoms. The van der Waals surface area contributed by atoms with Gasteiger partial charge in [-0.25, -0.2) is 0 Å². The van der Waals surface area contributed by atoms with Gasteiger partial charge in [0, 0.05) is 0 Å². The van der Waals surface area contributed by atoms with Gasteiger partial charge in [0.1, 0.15) is 0 Å². The summed E-state index contributed by atoms with van der Waals surface area (Å²) < 4.78 is 0. The van der Waals surface area contributed by atoms with Crippen LogP contribution in [0, 0.1) is 11.8 Å². The quantitative estimate of drug-likeness (QED) is 0.695. The summed E-state index contributed by atoms with van der Waals surface area (Å²) in [5, 5.41) is 11.7. The van der Waals surface area contributed by atoms with Gasteiger partial charge in [0.2, 0.25) is 0 Å². The smallest absolute Gasteiger partial charge is 0.306 e. The Morgan fingerprint density at radius 3 is 2.15 bits per heavy atom. The molecule has 3 nitrogen and oxygen atoms in total. The number of aliphatic carboxylic acids is 1. The standard InChI is InChI=1S/C8H17NO2.C2H6/c1-4-7(5-9-3)6(2)8(10)11;1-2/h6-7,9H,4-5H2,1-3H3,(H,10,11);1-2H3. The van der Waals surface area contributed by atoms with E-state index in [1.54, 1.807) is 6.92 Å². The normalized spacial score (nSPS) is 13.9. The number of rotatable bonds is 5. The molecule has 2 unspecified atom stereocenters. The monoisotopic (exact) mass is 189 g/mol. The first kappa shape index (κ1) is 14.9. The predicted octanol–water partition coefficient (Wildman–Crippen LogP) is 1.98. The van der Waals surface area contributed by atoms with E-state index in [4.69, 9.17) is 5.11 Å². The van der Waals surface area contributed by atoms with Crippen LogP contribution in [0.2, 0.25) is 0 Å². The van der Waals surface area contributed by atoms with Crippen molar-refractivity contribution >= 4 is 5.97 Å². The minimum absolute atomic E-state index is 0.243. The first-order valence-corrected chi connectivity index (χ1v) is 5.00. The molecular formula is C10H23NO2. The van der Waals surface area contributed by atoms with Crippen molar-refractivity contribution in [3.8, 4) is 0 Å². The molecule has 0 aromatic heterocycles. The van der Waals surface area contributed by atoms with Crippen molar-refractivity contribution < 1.29 is 9.90 Å². The Bertz CT molecular complexity index is 126. The van der Waals surface area contributed by atoms with Crippen LogP contribution in [0.3, 0.4) is 0 Å². The second kappa shape index (κ2) is 9.52. The number of nitrogens with one attached hydrogen (secondary N) is 1. The summed E-state index contributed by atoms with van der Waals surface area (Å²) in [6, 6.07) is 0. The van der Waals surface area contributed by atoms with E-state index in [1.807, 2.05) is 27.8 Å². The number of carboxylic acids is 1. The minimum atomic E-state index is -0.702. The molecule has 0 rings (SSSR count). The molecule has 2 N–H and O–H groups in total. The molecule has 0 aromatic rings. The summed E-state index contributed by atoms with van der Waals surface area (Å²) in [7, 11) is 1.84. The maximum absolute atomic E-state index is 10.5. The molecule has 3 heteroatoms. The van der Waals surface area contributed by atoms with Gasteiger partial charge in [-0.3, -0.25) is 4.79 Å². The Balaban J connectivity index is 0. The topological polar surface area (TPSA) is 49.3 Å². The summed E-state index contributed by atoms with van der Waals surface area (Å²) in [5.74, 6) is -0.697. The summed E-state index contributed by atoms with van der Waals surface area (Å²) in [6.07, 6.45) is 0.911.